The Labute approximate surface area is 107 Å². The van der Waals surface area contributed by atoms with E-state index in [9.17, 15) is 4.79 Å². The quantitative estimate of drug-likeness (QED) is 0.797. The second-order valence-electron chi connectivity index (χ2n) is 6.69. The molecule has 0 unspecified atom stereocenters. The van der Waals surface area contributed by atoms with Crippen molar-refractivity contribution in [1.82, 2.24) is 4.98 Å². The number of aromatic nitrogens is 1. The van der Waals surface area contributed by atoms with E-state index in [0.29, 0.717) is 11.6 Å². The third kappa shape index (κ3) is 1.53. The van der Waals surface area contributed by atoms with Crippen LogP contribution in [0.25, 0.3) is 0 Å². The summed E-state index contributed by atoms with van der Waals surface area (Å²) in [5.74, 6) is 4.08. The highest BCUT2D eigenvalue weighted by atomic mass is 16.1. The van der Waals surface area contributed by atoms with Crippen LogP contribution in [0.1, 0.15) is 43.7 Å². The molecule has 1 aromatic heterocycles. The number of hydrogen-bond acceptors (Lipinski definition) is 2. The first-order chi connectivity index (χ1) is 8.69. The van der Waals surface area contributed by atoms with Crippen LogP contribution < -0.4 is 11.3 Å². The minimum atomic E-state index is -0.0428. The van der Waals surface area contributed by atoms with Gasteiger partial charge in [-0.3, -0.25) is 4.79 Å². The van der Waals surface area contributed by atoms with Crippen molar-refractivity contribution in [2.24, 2.45) is 23.7 Å². The molecule has 4 saturated carbocycles. The monoisotopic (exact) mass is 244 g/mol. The van der Waals surface area contributed by atoms with E-state index in [4.69, 9.17) is 5.73 Å². The molecule has 4 bridgehead atoms. The molecule has 1 aromatic rings. The van der Waals surface area contributed by atoms with Crippen LogP contribution in [0.3, 0.4) is 0 Å². The number of pyridine rings is 1. The molecule has 18 heavy (non-hydrogen) atoms. The largest absolute Gasteiger partial charge is 0.399 e. The molecule has 3 heteroatoms. The van der Waals surface area contributed by atoms with Crippen LogP contribution in [0.15, 0.2) is 16.9 Å². The maximum atomic E-state index is 11.6. The predicted octanol–water partition coefficient (Wildman–Crippen LogP) is 2.50. The molecule has 4 aliphatic rings. The number of hydrogen-bond donors (Lipinski definition) is 2. The second-order valence-corrected chi connectivity index (χ2v) is 6.69. The highest BCUT2D eigenvalue weighted by Crippen LogP contribution is 2.59. The summed E-state index contributed by atoms with van der Waals surface area (Å²) in [4.78, 5) is 14.7. The van der Waals surface area contributed by atoms with Crippen molar-refractivity contribution in [2.45, 2.75) is 38.0 Å². The number of anilines is 1. The maximum Gasteiger partial charge on any atom is 0.250 e. The number of nitrogens with one attached hydrogen (secondary N) is 1. The molecule has 4 aliphatic carbocycles. The lowest BCUT2D eigenvalue weighted by molar-refractivity contribution is -0.00418. The fraction of sp³-hybridized carbons (Fsp3) is 0.667. The second kappa shape index (κ2) is 3.62. The number of H-pyrrole nitrogens is 1. The highest BCUT2D eigenvalue weighted by molar-refractivity contribution is 5.39. The third-order valence-corrected chi connectivity index (χ3v) is 5.47. The Kier molecular flexibility index (Phi) is 2.14. The van der Waals surface area contributed by atoms with Gasteiger partial charge in [0, 0.05) is 23.4 Å². The molecule has 0 spiro atoms. The zero-order valence-electron chi connectivity index (χ0n) is 10.6. The Hall–Kier alpha value is -1.25. The van der Waals surface area contributed by atoms with Crippen molar-refractivity contribution >= 4 is 5.69 Å². The van der Waals surface area contributed by atoms with Crippen LogP contribution in [0.2, 0.25) is 0 Å². The first kappa shape index (κ1) is 10.7. The molecule has 0 saturated heterocycles. The van der Waals surface area contributed by atoms with Gasteiger partial charge in [0.1, 0.15) is 0 Å². The van der Waals surface area contributed by atoms with Crippen LogP contribution in [-0.4, -0.2) is 4.98 Å². The highest BCUT2D eigenvalue weighted by Gasteiger charge is 2.48. The normalized spacial score (nSPS) is 41.2. The molecule has 3 N–H and O–H groups in total. The van der Waals surface area contributed by atoms with Gasteiger partial charge in [-0.2, -0.15) is 0 Å². The molecule has 3 nitrogen and oxygen atoms in total. The molecular formula is C15H20N2O. The maximum absolute atomic E-state index is 11.6. The lowest BCUT2D eigenvalue weighted by Crippen LogP contribution is -2.44. The van der Waals surface area contributed by atoms with E-state index in [2.05, 4.69) is 4.98 Å². The zero-order chi connectivity index (χ0) is 12.3. The van der Waals surface area contributed by atoms with Gasteiger partial charge in [0.05, 0.1) is 0 Å². The predicted molar refractivity (Wildman–Crippen MR) is 71.3 cm³/mol. The van der Waals surface area contributed by atoms with Gasteiger partial charge in [-0.15, -0.1) is 0 Å². The van der Waals surface area contributed by atoms with E-state index in [1.807, 2.05) is 6.07 Å². The molecule has 0 radical (unpaired) electrons. The molecule has 4 fully saturated rings. The molecule has 0 aliphatic heterocycles. The zero-order valence-corrected chi connectivity index (χ0v) is 10.6. The number of nitrogen functional groups attached to an aromatic ring is 1. The van der Waals surface area contributed by atoms with Gasteiger partial charge in [-0.05, 0) is 61.8 Å². The Bertz CT molecular complexity index is 506. The minimum Gasteiger partial charge on any atom is -0.399 e. The van der Waals surface area contributed by atoms with Gasteiger partial charge < -0.3 is 10.7 Å². The topological polar surface area (TPSA) is 58.9 Å². The van der Waals surface area contributed by atoms with Gasteiger partial charge in [-0.1, -0.05) is 0 Å². The Balaban J connectivity index is 1.74. The minimum absolute atomic E-state index is 0.0428. The van der Waals surface area contributed by atoms with Crippen LogP contribution in [0.5, 0.6) is 0 Å². The fourth-order valence-corrected chi connectivity index (χ4v) is 5.20. The third-order valence-electron chi connectivity index (χ3n) is 5.47. The van der Waals surface area contributed by atoms with Crippen molar-refractivity contribution < 1.29 is 0 Å². The average molecular weight is 244 g/mol. The van der Waals surface area contributed by atoms with Crippen molar-refractivity contribution in [2.75, 3.05) is 5.73 Å². The Morgan fingerprint density at radius 1 is 1.00 bits per heavy atom. The summed E-state index contributed by atoms with van der Waals surface area (Å²) >= 11 is 0. The molecular weight excluding hydrogens is 224 g/mol. The summed E-state index contributed by atoms with van der Waals surface area (Å²) in [5, 5.41) is 0. The van der Waals surface area contributed by atoms with E-state index in [1.165, 1.54) is 38.2 Å². The fourth-order valence-electron chi connectivity index (χ4n) is 5.20. The molecule has 0 aromatic carbocycles. The number of nitrogens with two attached hydrogens (primary N) is 1. The van der Waals surface area contributed by atoms with E-state index < -0.39 is 0 Å². The smallest absolute Gasteiger partial charge is 0.250 e. The Morgan fingerprint density at radius 2 is 1.61 bits per heavy atom. The van der Waals surface area contributed by atoms with Gasteiger partial charge in [0.2, 0.25) is 5.56 Å². The van der Waals surface area contributed by atoms with Gasteiger partial charge >= 0.3 is 0 Å². The average Bonchev–Trinajstić information content (AvgIpc) is 2.25. The molecule has 96 valence electrons. The summed E-state index contributed by atoms with van der Waals surface area (Å²) in [5.41, 5.74) is 7.51. The van der Waals surface area contributed by atoms with Crippen LogP contribution in [-0.2, 0) is 0 Å². The first-order valence-corrected chi connectivity index (χ1v) is 7.19. The molecule has 0 amide bonds. The van der Waals surface area contributed by atoms with Gasteiger partial charge in [0.15, 0.2) is 0 Å². The van der Waals surface area contributed by atoms with E-state index in [1.54, 1.807) is 0 Å². The van der Waals surface area contributed by atoms with Crippen molar-refractivity contribution in [3.8, 4) is 0 Å². The SMILES string of the molecule is Nc1cc(C2C3CC4CC(C3)CC2C4)[nH]c(=O)c1. The first-order valence-electron chi connectivity index (χ1n) is 7.19. The van der Waals surface area contributed by atoms with E-state index >= 15 is 0 Å². The van der Waals surface area contributed by atoms with Crippen molar-refractivity contribution in [3.05, 3.63) is 28.2 Å². The van der Waals surface area contributed by atoms with E-state index in [-0.39, 0.29) is 5.56 Å². The standard InChI is InChI=1S/C15H20N2O/c16-12-6-13(17-14(18)7-12)15-10-2-8-1-9(4-10)5-11(15)3-8/h6-11,15H,1-5H2,(H3,16,17,18). The van der Waals surface area contributed by atoms with Crippen LogP contribution in [0.4, 0.5) is 5.69 Å². The molecule has 0 atom stereocenters. The number of rotatable bonds is 1. The Morgan fingerprint density at radius 3 is 2.17 bits per heavy atom. The lowest BCUT2D eigenvalue weighted by atomic mass is 9.51. The molecule has 5 rings (SSSR count). The summed E-state index contributed by atoms with van der Waals surface area (Å²) in [6, 6.07) is 3.48. The summed E-state index contributed by atoms with van der Waals surface area (Å²) in [6.45, 7) is 0. The van der Waals surface area contributed by atoms with Crippen molar-refractivity contribution in [3.63, 3.8) is 0 Å². The van der Waals surface area contributed by atoms with Gasteiger partial charge in [-0.25, -0.2) is 0 Å². The van der Waals surface area contributed by atoms with E-state index in [0.717, 1.165) is 29.4 Å². The van der Waals surface area contributed by atoms with Crippen LogP contribution >= 0.6 is 0 Å². The van der Waals surface area contributed by atoms with Crippen molar-refractivity contribution in [1.29, 1.82) is 0 Å². The summed E-state index contributed by atoms with van der Waals surface area (Å²) < 4.78 is 0. The summed E-state index contributed by atoms with van der Waals surface area (Å²) in [7, 11) is 0. The van der Waals surface area contributed by atoms with Gasteiger partial charge in [0.25, 0.3) is 0 Å². The number of aromatic amines is 1. The van der Waals surface area contributed by atoms with Crippen LogP contribution in [0, 0.1) is 23.7 Å². The summed E-state index contributed by atoms with van der Waals surface area (Å²) in [6.07, 6.45) is 6.94. The molecule has 1 heterocycles. The lowest BCUT2D eigenvalue weighted by Gasteiger charge is -2.54.